The van der Waals surface area contributed by atoms with Gasteiger partial charge in [0.15, 0.2) is 0 Å². The lowest BCUT2D eigenvalue weighted by atomic mass is 9.90. The number of benzene rings is 3. The topological polar surface area (TPSA) is 0 Å². The Morgan fingerprint density at radius 2 is 0.958 bits per heavy atom. The highest BCUT2D eigenvalue weighted by Gasteiger charge is 2.09. The van der Waals surface area contributed by atoms with Gasteiger partial charge in [0, 0.05) is 0 Å². The molecule has 0 aromatic heterocycles. The van der Waals surface area contributed by atoms with E-state index in [-0.39, 0.29) is 0 Å². The first-order valence-corrected chi connectivity index (χ1v) is 8.72. The minimum absolute atomic E-state index is 1.01. The second-order valence-electron chi connectivity index (χ2n) is 6.91. The Balaban J connectivity index is 1.96. The molecule has 0 saturated heterocycles. The van der Waals surface area contributed by atoms with Crippen molar-refractivity contribution in [2.75, 3.05) is 0 Å². The average Bonchev–Trinajstić information content (AvgIpc) is 2.56. The quantitative estimate of drug-likeness (QED) is 0.545. The van der Waals surface area contributed by atoms with Gasteiger partial charge < -0.3 is 0 Å². The van der Waals surface area contributed by atoms with Crippen molar-refractivity contribution < 1.29 is 0 Å². The van der Waals surface area contributed by atoms with Crippen LogP contribution in [0.2, 0.25) is 0 Å². The second kappa shape index (κ2) is 7.05. The largest absolute Gasteiger partial charge is 0.0620 e. The standard InChI is InChI=1S/C24H26/c1-17-13-23(15-21-11-7-5-9-18(21)2)20(4)24(14-17)16-22-12-8-6-10-19(22)3/h5-14H,15-16H2,1-4H3. The fourth-order valence-corrected chi connectivity index (χ4v) is 3.41. The molecule has 0 nitrogen and oxygen atoms in total. The van der Waals surface area contributed by atoms with Crippen molar-refractivity contribution in [1.29, 1.82) is 0 Å². The highest BCUT2D eigenvalue weighted by atomic mass is 14.1. The van der Waals surface area contributed by atoms with E-state index in [1.807, 2.05) is 0 Å². The molecular formula is C24H26. The predicted molar refractivity (Wildman–Crippen MR) is 104 cm³/mol. The zero-order valence-corrected chi connectivity index (χ0v) is 15.2. The summed E-state index contributed by atoms with van der Waals surface area (Å²) in [6, 6.07) is 22.1. The fraction of sp³-hybridized carbons (Fsp3) is 0.250. The summed E-state index contributed by atoms with van der Waals surface area (Å²) < 4.78 is 0. The monoisotopic (exact) mass is 314 g/mol. The Kier molecular flexibility index (Phi) is 4.85. The number of hydrogen-bond acceptors (Lipinski definition) is 0. The molecule has 0 atom stereocenters. The summed E-state index contributed by atoms with van der Waals surface area (Å²) in [5, 5.41) is 0. The van der Waals surface area contributed by atoms with Crippen molar-refractivity contribution in [3.8, 4) is 0 Å². The summed E-state index contributed by atoms with van der Waals surface area (Å²) >= 11 is 0. The first-order chi connectivity index (χ1) is 11.5. The van der Waals surface area contributed by atoms with Crippen LogP contribution in [0.5, 0.6) is 0 Å². The van der Waals surface area contributed by atoms with Gasteiger partial charge in [-0.3, -0.25) is 0 Å². The normalized spacial score (nSPS) is 10.8. The maximum atomic E-state index is 2.35. The number of hydrogen-bond donors (Lipinski definition) is 0. The zero-order valence-electron chi connectivity index (χ0n) is 15.2. The Bertz CT molecular complexity index is 787. The molecule has 122 valence electrons. The van der Waals surface area contributed by atoms with Gasteiger partial charge in [-0.1, -0.05) is 66.2 Å². The molecule has 0 amide bonds. The van der Waals surface area contributed by atoms with Crippen LogP contribution in [0.25, 0.3) is 0 Å². The van der Waals surface area contributed by atoms with Crippen LogP contribution in [0, 0.1) is 27.7 Å². The predicted octanol–water partition coefficient (Wildman–Crippen LogP) is 6.10. The smallest absolute Gasteiger partial charge is 0.00203 e. The lowest BCUT2D eigenvalue weighted by molar-refractivity contribution is 1.06. The first-order valence-electron chi connectivity index (χ1n) is 8.72. The molecule has 3 aromatic carbocycles. The summed E-state index contributed by atoms with van der Waals surface area (Å²) in [6.45, 7) is 8.90. The van der Waals surface area contributed by atoms with E-state index in [9.17, 15) is 0 Å². The van der Waals surface area contributed by atoms with E-state index in [2.05, 4.69) is 88.4 Å². The van der Waals surface area contributed by atoms with Crippen LogP contribution in [0.15, 0.2) is 60.7 Å². The van der Waals surface area contributed by atoms with E-state index in [1.165, 1.54) is 44.5 Å². The minimum atomic E-state index is 1.01. The highest BCUT2D eigenvalue weighted by molar-refractivity contribution is 5.44. The van der Waals surface area contributed by atoms with Gasteiger partial charge in [0.25, 0.3) is 0 Å². The first kappa shape index (κ1) is 16.5. The molecule has 0 saturated carbocycles. The maximum Gasteiger partial charge on any atom is -0.00203 e. The Hall–Kier alpha value is -2.34. The maximum absolute atomic E-state index is 2.35. The third kappa shape index (κ3) is 3.59. The van der Waals surface area contributed by atoms with E-state index in [1.54, 1.807) is 0 Å². The van der Waals surface area contributed by atoms with Crippen LogP contribution in [0.3, 0.4) is 0 Å². The van der Waals surface area contributed by atoms with Gasteiger partial charge in [0.2, 0.25) is 0 Å². The van der Waals surface area contributed by atoms with Crippen LogP contribution in [0.4, 0.5) is 0 Å². The molecule has 0 heteroatoms. The molecule has 0 heterocycles. The van der Waals surface area contributed by atoms with E-state index in [4.69, 9.17) is 0 Å². The van der Waals surface area contributed by atoms with Gasteiger partial charge in [-0.15, -0.1) is 0 Å². The highest BCUT2D eigenvalue weighted by Crippen LogP contribution is 2.24. The lowest BCUT2D eigenvalue weighted by Crippen LogP contribution is -2.01. The molecule has 3 aromatic rings. The van der Waals surface area contributed by atoms with Crippen molar-refractivity contribution in [2.45, 2.75) is 40.5 Å². The van der Waals surface area contributed by atoms with Gasteiger partial charge in [0.1, 0.15) is 0 Å². The number of rotatable bonds is 4. The Morgan fingerprint density at radius 3 is 1.38 bits per heavy atom. The Morgan fingerprint density at radius 1 is 0.542 bits per heavy atom. The summed E-state index contributed by atoms with van der Waals surface area (Å²) in [7, 11) is 0. The van der Waals surface area contributed by atoms with Crippen LogP contribution < -0.4 is 0 Å². The van der Waals surface area contributed by atoms with Crippen molar-refractivity contribution in [1.82, 2.24) is 0 Å². The van der Waals surface area contributed by atoms with Gasteiger partial charge in [-0.25, -0.2) is 0 Å². The third-order valence-corrected chi connectivity index (χ3v) is 5.05. The molecule has 0 unspecified atom stereocenters. The minimum Gasteiger partial charge on any atom is -0.0620 e. The van der Waals surface area contributed by atoms with Gasteiger partial charge in [-0.05, 0) is 79.5 Å². The average molecular weight is 314 g/mol. The van der Waals surface area contributed by atoms with Crippen LogP contribution in [-0.2, 0) is 12.8 Å². The molecule has 24 heavy (non-hydrogen) atoms. The summed E-state index contributed by atoms with van der Waals surface area (Å²) in [6.07, 6.45) is 2.03. The molecule has 0 spiro atoms. The van der Waals surface area contributed by atoms with E-state index >= 15 is 0 Å². The molecule has 0 aliphatic carbocycles. The van der Waals surface area contributed by atoms with E-state index in [0.29, 0.717) is 0 Å². The molecule has 0 radical (unpaired) electrons. The second-order valence-corrected chi connectivity index (χ2v) is 6.91. The molecule has 0 aliphatic heterocycles. The molecule has 0 aliphatic rings. The van der Waals surface area contributed by atoms with Crippen molar-refractivity contribution in [3.05, 3.63) is 105 Å². The zero-order chi connectivity index (χ0) is 17.1. The van der Waals surface area contributed by atoms with Gasteiger partial charge in [0.05, 0.1) is 0 Å². The van der Waals surface area contributed by atoms with Crippen molar-refractivity contribution >= 4 is 0 Å². The molecule has 0 fully saturated rings. The number of aryl methyl sites for hydroxylation is 3. The SMILES string of the molecule is Cc1cc(Cc2ccccc2C)c(C)c(Cc2ccccc2C)c1. The fourth-order valence-electron chi connectivity index (χ4n) is 3.41. The molecule has 0 N–H and O–H groups in total. The molecule has 3 rings (SSSR count). The summed E-state index contributed by atoms with van der Waals surface area (Å²) in [5.41, 5.74) is 11.3. The van der Waals surface area contributed by atoms with Gasteiger partial charge >= 0.3 is 0 Å². The molecular weight excluding hydrogens is 288 g/mol. The Labute approximate surface area is 146 Å². The third-order valence-electron chi connectivity index (χ3n) is 5.05. The van der Waals surface area contributed by atoms with Gasteiger partial charge in [-0.2, -0.15) is 0 Å². The summed E-state index contributed by atoms with van der Waals surface area (Å²) in [5.74, 6) is 0. The van der Waals surface area contributed by atoms with Crippen molar-refractivity contribution in [2.24, 2.45) is 0 Å². The van der Waals surface area contributed by atoms with Crippen LogP contribution in [0.1, 0.15) is 44.5 Å². The van der Waals surface area contributed by atoms with E-state index < -0.39 is 0 Å². The van der Waals surface area contributed by atoms with Crippen LogP contribution >= 0.6 is 0 Å². The lowest BCUT2D eigenvalue weighted by Gasteiger charge is -2.15. The molecule has 0 bridgehead atoms. The summed E-state index contributed by atoms with van der Waals surface area (Å²) in [4.78, 5) is 0. The van der Waals surface area contributed by atoms with Crippen LogP contribution in [-0.4, -0.2) is 0 Å². The van der Waals surface area contributed by atoms with E-state index in [0.717, 1.165) is 12.8 Å². The van der Waals surface area contributed by atoms with Crippen molar-refractivity contribution in [3.63, 3.8) is 0 Å².